The number of nitrogens with one attached hydrogen (secondary N) is 1. The summed E-state index contributed by atoms with van der Waals surface area (Å²) in [6.45, 7) is 5.62. The number of carbonyl (C=O) groups excluding carboxylic acids is 1. The maximum atomic E-state index is 10.9. The third-order valence-electron chi connectivity index (χ3n) is 4.11. The number of carbonyl (C=O) groups is 1. The Hall–Kier alpha value is -0.570. The summed E-state index contributed by atoms with van der Waals surface area (Å²) in [4.78, 5) is 10.9. The normalized spacial score (nSPS) is 13.9. The first-order valence-corrected chi connectivity index (χ1v) is 9.03. The summed E-state index contributed by atoms with van der Waals surface area (Å²) in [6.07, 6.45) is 14.9. The van der Waals surface area contributed by atoms with Gasteiger partial charge in [0.15, 0.2) is 0 Å². The van der Waals surface area contributed by atoms with Gasteiger partial charge in [-0.2, -0.15) is 0 Å². The predicted molar refractivity (Wildman–Crippen MR) is 90.4 cm³/mol. The molecule has 0 aromatic heterocycles. The van der Waals surface area contributed by atoms with Crippen LogP contribution < -0.4 is 5.32 Å². The molecule has 0 bridgehead atoms. The van der Waals surface area contributed by atoms with Crippen LogP contribution in [0.1, 0.15) is 97.8 Å². The molecule has 0 spiro atoms. The van der Waals surface area contributed by atoms with Gasteiger partial charge < -0.3 is 10.4 Å². The molecule has 0 fully saturated rings. The van der Waals surface area contributed by atoms with Gasteiger partial charge in [0.25, 0.3) is 0 Å². The number of unbranched alkanes of at least 4 members (excludes halogenated alkanes) is 10. The standard InChI is InChI=1S/C18H37NO2/c1-4-5-6-7-8-9-10-11-12-13-14-15-18(21)16(2)19-17(3)20/h16,18,21H,4-15H2,1-3H3,(H,19,20)/t16-,18+/m0/s1. The average molecular weight is 299 g/mol. The molecule has 0 heterocycles. The van der Waals surface area contributed by atoms with Gasteiger partial charge in [0, 0.05) is 6.92 Å². The topological polar surface area (TPSA) is 49.3 Å². The van der Waals surface area contributed by atoms with Crippen molar-refractivity contribution in [3.8, 4) is 0 Å². The maximum Gasteiger partial charge on any atom is 0.217 e. The molecule has 0 aliphatic heterocycles. The van der Waals surface area contributed by atoms with Gasteiger partial charge in [-0.05, 0) is 13.3 Å². The second kappa shape index (κ2) is 14.4. The van der Waals surface area contributed by atoms with E-state index >= 15 is 0 Å². The summed E-state index contributed by atoms with van der Waals surface area (Å²) in [5, 5.41) is 12.6. The quantitative estimate of drug-likeness (QED) is 0.461. The molecule has 0 saturated carbocycles. The lowest BCUT2D eigenvalue weighted by molar-refractivity contribution is -0.120. The van der Waals surface area contributed by atoms with E-state index in [0.717, 1.165) is 12.8 Å². The van der Waals surface area contributed by atoms with Crippen LogP contribution >= 0.6 is 0 Å². The summed E-state index contributed by atoms with van der Waals surface area (Å²) in [5.41, 5.74) is 0. The number of aliphatic hydroxyl groups excluding tert-OH is 1. The molecule has 0 aromatic rings. The Labute approximate surface area is 131 Å². The zero-order valence-electron chi connectivity index (χ0n) is 14.5. The number of hydrogen-bond donors (Lipinski definition) is 2. The highest BCUT2D eigenvalue weighted by molar-refractivity contribution is 5.73. The van der Waals surface area contributed by atoms with E-state index in [0.29, 0.717) is 0 Å². The predicted octanol–water partition coefficient (Wildman–Crippen LogP) is 4.57. The summed E-state index contributed by atoms with van der Waals surface area (Å²) in [5.74, 6) is -0.0690. The SMILES string of the molecule is CCCCCCCCCCCCC[C@@H](O)[C@H](C)NC(C)=O. The summed E-state index contributed by atoms with van der Waals surface area (Å²) >= 11 is 0. The molecule has 2 N–H and O–H groups in total. The molecule has 0 aliphatic rings. The lowest BCUT2D eigenvalue weighted by atomic mass is 10.0. The highest BCUT2D eigenvalue weighted by atomic mass is 16.3. The third kappa shape index (κ3) is 14.1. The molecule has 0 saturated heterocycles. The van der Waals surface area contributed by atoms with Crippen LogP contribution in [0.5, 0.6) is 0 Å². The van der Waals surface area contributed by atoms with E-state index < -0.39 is 6.10 Å². The molecule has 3 nitrogen and oxygen atoms in total. The zero-order chi connectivity index (χ0) is 15.9. The van der Waals surface area contributed by atoms with Crippen LogP contribution in [0.25, 0.3) is 0 Å². The van der Waals surface area contributed by atoms with Crippen molar-refractivity contribution in [1.82, 2.24) is 5.32 Å². The molecule has 0 aliphatic carbocycles. The summed E-state index contributed by atoms with van der Waals surface area (Å²) in [7, 11) is 0. The Bertz CT molecular complexity index is 243. The van der Waals surface area contributed by atoms with Crippen molar-refractivity contribution in [3.63, 3.8) is 0 Å². The largest absolute Gasteiger partial charge is 0.391 e. The Kier molecular flexibility index (Phi) is 14.0. The molecule has 126 valence electrons. The van der Waals surface area contributed by atoms with Gasteiger partial charge in [-0.15, -0.1) is 0 Å². The highest BCUT2D eigenvalue weighted by Crippen LogP contribution is 2.13. The maximum absolute atomic E-state index is 10.9. The van der Waals surface area contributed by atoms with Gasteiger partial charge in [-0.3, -0.25) is 4.79 Å². The van der Waals surface area contributed by atoms with E-state index in [1.165, 1.54) is 71.1 Å². The van der Waals surface area contributed by atoms with Crippen LogP contribution in [0.4, 0.5) is 0 Å². The van der Waals surface area contributed by atoms with Crippen LogP contribution in [0, 0.1) is 0 Å². The van der Waals surface area contributed by atoms with Crippen molar-refractivity contribution in [2.24, 2.45) is 0 Å². The summed E-state index contributed by atoms with van der Waals surface area (Å²) < 4.78 is 0. The lowest BCUT2D eigenvalue weighted by Crippen LogP contribution is -2.39. The molecule has 0 rings (SSSR count). The molecule has 3 heteroatoms. The fourth-order valence-electron chi connectivity index (χ4n) is 2.68. The average Bonchev–Trinajstić information content (AvgIpc) is 2.43. The Morgan fingerprint density at radius 3 is 1.76 bits per heavy atom. The van der Waals surface area contributed by atoms with E-state index in [4.69, 9.17) is 0 Å². The van der Waals surface area contributed by atoms with E-state index in [2.05, 4.69) is 12.2 Å². The molecule has 0 unspecified atom stereocenters. The molecular weight excluding hydrogens is 262 g/mol. The van der Waals surface area contributed by atoms with Gasteiger partial charge in [0.05, 0.1) is 12.1 Å². The monoisotopic (exact) mass is 299 g/mol. The minimum Gasteiger partial charge on any atom is -0.391 e. The van der Waals surface area contributed by atoms with Gasteiger partial charge in [0.1, 0.15) is 0 Å². The zero-order valence-corrected chi connectivity index (χ0v) is 14.5. The third-order valence-corrected chi connectivity index (χ3v) is 4.11. The first kappa shape index (κ1) is 20.4. The van der Waals surface area contributed by atoms with Crippen molar-refractivity contribution in [3.05, 3.63) is 0 Å². The van der Waals surface area contributed by atoms with Crippen LogP contribution in [0.2, 0.25) is 0 Å². The molecule has 2 atom stereocenters. The number of rotatable bonds is 14. The molecule has 21 heavy (non-hydrogen) atoms. The van der Waals surface area contributed by atoms with Crippen LogP contribution in [-0.4, -0.2) is 23.2 Å². The lowest BCUT2D eigenvalue weighted by Gasteiger charge is -2.19. The Balaban J connectivity index is 3.26. The molecular formula is C18H37NO2. The van der Waals surface area contributed by atoms with Gasteiger partial charge >= 0.3 is 0 Å². The number of aliphatic hydroxyl groups is 1. The fraction of sp³-hybridized carbons (Fsp3) is 0.944. The van der Waals surface area contributed by atoms with E-state index in [1.54, 1.807) is 0 Å². The first-order chi connectivity index (χ1) is 10.1. The second-order valence-corrected chi connectivity index (χ2v) is 6.38. The van der Waals surface area contributed by atoms with Crippen LogP contribution in [0.3, 0.4) is 0 Å². The van der Waals surface area contributed by atoms with E-state index in [-0.39, 0.29) is 11.9 Å². The first-order valence-electron chi connectivity index (χ1n) is 9.03. The second-order valence-electron chi connectivity index (χ2n) is 6.38. The van der Waals surface area contributed by atoms with Crippen LogP contribution in [-0.2, 0) is 4.79 Å². The van der Waals surface area contributed by atoms with Crippen molar-refractivity contribution < 1.29 is 9.90 Å². The Morgan fingerprint density at radius 1 is 0.905 bits per heavy atom. The van der Waals surface area contributed by atoms with Gasteiger partial charge in [0.2, 0.25) is 5.91 Å². The summed E-state index contributed by atoms with van der Waals surface area (Å²) in [6, 6.07) is -0.134. The fourth-order valence-corrected chi connectivity index (χ4v) is 2.68. The van der Waals surface area contributed by atoms with Crippen molar-refractivity contribution in [2.75, 3.05) is 0 Å². The number of amides is 1. The minimum atomic E-state index is -0.410. The van der Waals surface area contributed by atoms with E-state index in [9.17, 15) is 9.90 Å². The van der Waals surface area contributed by atoms with E-state index in [1.807, 2.05) is 6.92 Å². The van der Waals surface area contributed by atoms with Gasteiger partial charge in [-0.25, -0.2) is 0 Å². The smallest absolute Gasteiger partial charge is 0.217 e. The number of hydrogen-bond acceptors (Lipinski definition) is 2. The molecule has 0 radical (unpaired) electrons. The molecule has 1 amide bonds. The van der Waals surface area contributed by atoms with Crippen molar-refractivity contribution >= 4 is 5.91 Å². The minimum absolute atomic E-state index is 0.0690. The van der Waals surface area contributed by atoms with Crippen LogP contribution in [0.15, 0.2) is 0 Å². The molecule has 0 aromatic carbocycles. The van der Waals surface area contributed by atoms with Crippen molar-refractivity contribution in [2.45, 2.75) is 110 Å². The highest BCUT2D eigenvalue weighted by Gasteiger charge is 2.13. The van der Waals surface area contributed by atoms with Crippen molar-refractivity contribution in [1.29, 1.82) is 0 Å². The Morgan fingerprint density at radius 2 is 1.33 bits per heavy atom. The van der Waals surface area contributed by atoms with Gasteiger partial charge in [-0.1, -0.05) is 77.6 Å².